The summed E-state index contributed by atoms with van der Waals surface area (Å²) in [5.41, 5.74) is 1.67. The van der Waals surface area contributed by atoms with Crippen LogP contribution in [0.4, 0.5) is 13.2 Å². The van der Waals surface area contributed by atoms with E-state index in [9.17, 15) is 13.2 Å². The molecule has 0 N–H and O–H groups in total. The lowest BCUT2D eigenvalue weighted by molar-refractivity contribution is -0.137. The molecule has 0 heterocycles. The average Bonchev–Trinajstić information content (AvgIpc) is 2.44. The summed E-state index contributed by atoms with van der Waals surface area (Å²) in [4.78, 5) is 5.32. The average molecular weight is 295 g/mol. The van der Waals surface area contributed by atoms with Crippen LogP contribution < -0.4 is 0 Å². The third-order valence-corrected chi connectivity index (χ3v) is 3.19. The Morgan fingerprint density at radius 2 is 1.86 bits per heavy atom. The lowest BCUT2D eigenvalue weighted by atomic mass is 10.1. The van der Waals surface area contributed by atoms with Crippen LogP contribution in [0.1, 0.15) is 37.8 Å². The van der Waals surface area contributed by atoms with Crippen LogP contribution in [0.2, 0.25) is 0 Å². The van der Waals surface area contributed by atoms with Crippen molar-refractivity contribution in [3.05, 3.63) is 58.9 Å². The summed E-state index contributed by atoms with van der Waals surface area (Å²) in [7, 11) is 0. The van der Waals surface area contributed by atoms with Crippen molar-refractivity contribution in [1.82, 2.24) is 0 Å². The maximum absolute atomic E-state index is 12.5. The van der Waals surface area contributed by atoms with Gasteiger partial charge >= 0.3 is 6.18 Å². The lowest BCUT2D eigenvalue weighted by Crippen LogP contribution is -2.05. The molecular formula is C16H16F3NO. The van der Waals surface area contributed by atoms with Gasteiger partial charge in [0.1, 0.15) is 0 Å². The maximum Gasteiger partial charge on any atom is 0.416 e. The van der Waals surface area contributed by atoms with Gasteiger partial charge in [-0.25, -0.2) is 0 Å². The molecule has 0 bridgehead atoms. The van der Waals surface area contributed by atoms with Crippen molar-refractivity contribution in [1.29, 1.82) is 0 Å². The van der Waals surface area contributed by atoms with Gasteiger partial charge < -0.3 is 4.84 Å². The predicted octanol–water partition coefficient (Wildman–Crippen LogP) is 5.07. The Morgan fingerprint density at radius 1 is 1.19 bits per heavy atom. The Morgan fingerprint density at radius 3 is 2.43 bits per heavy atom. The van der Waals surface area contributed by atoms with Gasteiger partial charge in [0, 0.05) is 0 Å². The van der Waals surface area contributed by atoms with E-state index in [1.54, 1.807) is 6.92 Å². The van der Waals surface area contributed by atoms with Gasteiger partial charge in [-0.3, -0.25) is 0 Å². The van der Waals surface area contributed by atoms with Crippen LogP contribution in [0.3, 0.4) is 0 Å². The van der Waals surface area contributed by atoms with E-state index in [2.05, 4.69) is 5.16 Å². The highest BCUT2D eigenvalue weighted by Gasteiger charge is 2.29. The molecule has 2 nitrogen and oxygen atoms in total. The van der Waals surface area contributed by atoms with E-state index < -0.39 is 11.7 Å². The fraction of sp³-hybridized carbons (Fsp3) is 0.312. The minimum atomic E-state index is -4.32. The highest BCUT2D eigenvalue weighted by Crippen LogP contribution is 2.29. The zero-order valence-corrected chi connectivity index (χ0v) is 11.9. The second-order valence-corrected chi connectivity index (χ2v) is 4.98. The van der Waals surface area contributed by atoms with Gasteiger partial charge in [0.25, 0.3) is 0 Å². The molecule has 0 radical (unpaired) electrons. The van der Waals surface area contributed by atoms with Crippen LogP contribution in [0, 0.1) is 0 Å². The highest BCUT2D eigenvalue weighted by atomic mass is 19.4. The highest BCUT2D eigenvalue weighted by molar-refractivity contribution is 5.98. The summed E-state index contributed by atoms with van der Waals surface area (Å²) in [5, 5.41) is 3.97. The van der Waals surface area contributed by atoms with Crippen LogP contribution in [0.25, 0.3) is 0 Å². The van der Waals surface area contributed by atoms with E-state index in [0.717, 1.165) is 25.0 Å². The number of hydrogen-bond acceptors (Lipinski definition) is 2. The fourth-order valence-electron chi connectivity index (χ4n) is 1.95. The second kappa shape index (κ2) is 6.16. The number of allylic oxidation sites excluding steroid dienone is 3. The Kier molecular flexibility index (Phi) is 4.50. The van der Waals surface area contributed by atoms with Crippen molar-refractivity contribution < 1.29 is 18.0 Å². The van der Waals surface area contributed by atoms with Crippen molar-refractivity contribution >= 4 is 5.71 Å². The third-order valence-electron chi connectivity index (χ3n) is 3.19. The Labute approximate surface area is 121 Å². The van der Waals surface area contributed by atoms with E-state index in [-0.39, 0.29) is 0 Å². The molecule has 0 unspecified atom stereocenters. The molecule has 1 aromatic rings. The summed E-state index contributed by atoms with van der Waals surface area (Å²) >= 11 is 0. The molecule has 0 aliphatic heterocycles. The number of oxime groups is 1. The number of hydrogen-bond donors (Lipinski definition) is 0. The SMILES string of the molecule is CC1=CC(ON=C(C)c2ccc(C(F)(F)F)cc2)=CCC1. The largest absolute Gasteiger partial charge is 0.416 e. The maximum atomic E-state index is 12.5. The molecule has 0 saturated heterocycles. The number of nitrogens with zero attached hydrogens (tertiary/aromatic N) is 1. The molecule has 0 aromatic heterocycles. The molecule has 21 heavy (non-hydrogen) atoms. The molecule has 5 heteroatoms. The Balaban J connectivity index is 2.07. The topological polar surface area (TPSA) is 21.6 Å². The normalized spacial score (nSPS) is 16.3. The van der Waals surface area contributed by atoms with Gasteiger partial charge in [-0.15, -0.1) is 0 Å². The number of benzene rings is 1. The summed E-state index contributed by atoms with van der Waals surface area (Å²) in [5.74, 6) is 0.671. The first kappa shape index (κ1) is 15.4. The van der Waals surface area contributed by atoms with Gasteiger partial charge in [-0.2, -0.15) is 13.2 Å². The second-order valence-electron chi connectivity index (χ2n) is 4.98. The van der Waals surface area contributed by atoms with Gasteiger partial charge in [0.05, 0.1) is 11.3 Å². The van der Waals surface area contributed by atoms with Crippen molar-refractivity contribution in [3.63, 3.8) is 0 Å². The van der Waals surface area contributed by atoms with E-state index in [4.69, 9.17) is 4.84 Å². The van der Waals surface area contributed by atoms with Crippen LogP contribution in [-0.2, 0) is 11.0 Å². The van der Waals surface area contributed by atoms with E-state index in [1.165, 1.54) is 17.7 Å². The summed E-state index contributed by atoms with van der Waals surface area (Å²) in [6.45, 7) is 3.71. The zero-order chi connectivity index (χ0) is 15.5. The van der Waals surface area contributed by atoms with Crippen molar-refractivity contribution in [2.24, 2.45) is 5.16 Å². The quantitative estimate of drug-likeness (QED) is 0.563. The molecule has 112 valence electrons. The lowest BCUT2D eigenvalue weighted by Gasteiger charge is -2.09. The van der Waals surface area contributed by atoms with E-state index in [1.807, 2.05) is 19.1 Å². The van der Waals surface area contributed by atoms with E-state index in [0.29, 0.717) is 17.0 Å². The number of rotatable bonds is 3. The molecule has 0 atom stereocenters. The summed E-state index contributed by atoms with van der Waals surface area (Å²) < 4.78 is 37.4. The number of halogens is 3. The Hall–Kier alpha value is -2.04. The monoisotopic (exact) mass is 295 g/mol. The molecule has 0 fully saturated rings. The van der Waals surface area contributed by atoms with Crippen LogP contribution >= 0.6 is 0 Å². The molecule has 1 aliphatic rings. The van der Waals surface area contributed by atoms with Crippen LogP contribution in [-0.4, -0.2) is 5.71 Å². The first-order valence-corrected chi connectivity index (χ1v) is 6.63. The van der Waals surface area contributed by atoms with Crippen molar-refractivity contribution in [2.45, 2.75) is 32.9 Å². The van der Waals surface area contributed by atoms with Crippen molar-refractivity contribution in [3.8, 4) is 0 Å². The molecule has 2 rings (SSSR count). The minimum Gasteiger partial charge on any atom is -0.357 e. The predicted molar refractivity (Wildman–Crippen MR) is 75.8 cm³/mol. The van der Waals surface area contributed by atoms with Gasteiger partial charge in [0.2, 0.25) is 0 Å². The molecule has 0 amide bonds. The van der Waals surface area contributed by atoms with Crippen LogP contribution in [0.5, 0.6) is 0 Å². The van der Waals surface area contributed by atoms with E-state index >= 15 is 0 Å². The molecular weight excluding hydrogens is 279 g/mol. The Bertz CT molecular complexity index is 595. The van der Waals surface area contributed by atoms with Gasteiger partial charge in [0.15, 0.2) is 5.76 Å². The first-order valence-electron chi connectivity index (χ1n) is 6.63. The zero-order valence-electron chi connectivity index (χ0n) is 11.9. The molecule has 0 saturated carbocycles. The minimum absolute atomic E-state index is 0.529. The van der Waals surface area contributed by atoms with Gasteiger partial charge in [-0.05, 0) is 56.5 Å². The molecule has 1 aromatic carbocycles. The smallest absolute Gasteiger partial charge is 0.357 e. The molecule has 0 spiro atoms. The summed E-state index contributed by atoms with van der Waals surface area (Å²) in [6, 6.07) is 4.86. The van der Waals surface area contributed by atoms with Gasteiger partial charge in [-0.1, -0.05) is 22.9 Å². The number of alkyl halides is 3. The van der Waals surface area contributed by atoms with Crippen LogP contribution in [0.15, 0.2) is 52.9 Å². The first-order chi connectivity index (χ1) is 9.86. The fourth-order valence-corrected chi connectivity index (χ4v) is 1.95. The summed E-state index contributed by atoms with van der Waals surface area (Å²) in [6.07, 6.45) is 1.44. The van der Waals surface area contributed by atoms with Crippen molar-refractivity contribution in [2.75, 3.05) is 0 Å². The standard InChI is InChI=1S/C16H16F3NO/c1-11-4-3-5-15(10-11)21-20-12(2)13-6-8-14(9-7-13)16(17,18)19/h5-10H,3-4H2,1-2H3. The molecule has 1 aliphatic carbocycles. The third kappa shape index (κ3) is 4.21.